The largest absolute Gasteiger partial charge is 0.352 e. The molecular formula is C24H31N3O. The molecular weight excluding hydrogens is 346 g/mol. The van der Waals surface area contributed by atoms with Gasteiger partial charge in [-0.15, -0.1) is 0 Å². The molecule has 0 atom stereocenters. The van der Waals surface area contributed by atoms with Gasteiger partial charge in [-0.1, -0.05) is 73.5 Å². The van der Waals surface area contributed by atoms with Crippen molar-refractivity contribution in [1.82, 2.24) is 15.1 Å². The number of nitrogens with zero attached hydrogens (tertiary/aromatic N) is 2. The molecule has 2 aromatic rings. The molecule has 0 aromatic heterocycles. The van der Waals surface area contributed by atoms with E-state index in [9.17, 15) is 4.79 Å². The number of benzene rings is 2. The Bertz CT molecular complexity index is 695. The lowest BCUT2D eigenvalue weighted by Gasteiger charge is -2.39. The van der Waals surface area contributed by atoms with Gasteiger partial charge in [0.05, 0.1) is 12.6 Å². The number of rotatable bonds is 6. The van der Waals surface area contributed by atoms with E-state index in [1.165, 1.54) is 24.0 Å². The van der Waals surface area contributed by atoms with Gasteiger partial charge in [0.25, 0.3) is 0 Å². The summed E-state index contributed by atoms with van der Waals surface area (Å²) in [7, 11) is 0. The van der Waals surface area contributed by atoms with Crippen molar-refractivity contribution in [2.45, 2.75) is 37.8 Å². The zero-order chi connectivity index (χ0) is 19.2. The summed E-state index contributed by atoms with van der Waals surface area (Å²) < 4.78 is 0. The Morgan fingerprint density at radius 3 is 1.93 bits per heavy atom. The van der Waals surface area contributed by atoms with Gasteiger partial charge in [-0.2, -0.15) is 0 Å². The highest BCUT2D eigenvalue weighted by molar-refractivity contribution is 5.78. The van der Waals surface area contributed by atoms with E-state index in [0.717, 1.165) is 39.0 Å². The molecule has 4 rings (SSSR count). The van der Waals surface area contributed by atoms with Gasteiger partial charge in [-0.25, -0.2) is 0 Å². The van der Waals surface area contributed by atoms with Gasteiger partial charge < -0.3 is 5.32 Å². The van der Waals surface area contributed by atoms with Crippen LogP contribution in [0.3, 0.4) is 0 Å². The van der Waals surface area contributed by atoms with Crippen LogP contribution in [0.15, 0.2) is 60.7 Å². The third-order valence-corrected chi connectivity index (χ3v) is 6.09. The minimum Gasteiger partial charge on any atom is -0.352 e. The Morgan fingerprint density at radius 1 is 0.857 bits per heavy atom. The Balaban J connectivity index is 1.37. The van der Waals surface area contributed by atoms with Gasteiger partial charge in [-0.05, 0) is 24.0 Å². The highest BCUT2D eigenvalue weighted by atomic mass is 16.2. The summed E-state index contributed by atoms with van der Waals surface area (Å²) >= 11 is 0. The fourth-order valence-electron chi connectivity index (χ4n) is 4.61. The molecule has 2 aromatic carbocycles. The zero-order valence-corrected chi connectivity index (χ0v) is 16.6. The lowest BCUT2D eigenvalue weighted by molar-refractivity contribution is -0.123. The van der Waals surface area contributed by atoms with E-state index in [1.807, 2.05) is 0 Å². The highest BCUT2D eigenvalue weighted by Gasteiger charge is 2.27. The van der Waals surface area contributed by atoms with Crippen molar-refractivity contribution >= 4 is 5.91 Å². The predicted octanol–water partition coefficient (Wildman–Crippen LogP) is 3.45. The van der Waals surface area contributed by atoms with Crippen molar-refractivity contribution in [3.63, 3.8) is 0 Å². The van der Waals surface area contributed by atoms with Crippen LogP contribution in [0.1, 0.15) is 42.9 Å². The van der Waals surface area contributed by atoms with Crippen molar-refractivity contribution in [3.05, 3.63) is 71.8 Å². The molecule has 0 spiro atoms. The van der Waals surface area contributed by atoms with Crippen LogP contribution in [-0.4, -0.2) is 54.5 Å². The van der Waals surface area contributed by atoms with Crippen molar-refractivity contribution in [3.8, 4) is 0 Å². The summed E-state index contributed by atoms with van der Waals surface area (Å²) in [5.74, 6) is 0.197. The Hall–Kier alpha value is -2.17. The number of amides is 1. The van der Waals surface area contributed by atoms with Crippen LogP contribution in [0.4, 0.5) is 0 Å². The number of carbonyl (C=O) groups excluding carboxylic acids is 1. The normalized spacial score (nSPS) is 19.2. The fourth-order valence-corrected chi connectivity index (χ4v) is 4.61. The average molecular weight is 378 g/mol. The second kappa shape index (κ2) is 9.35. The lowest BCUT2D eigenvalue weighted by atomic mass is 9.96. The van der Waals surface area contributed by atoms with E-state index in [2.05, 4.69) is 75.8 Å². The van der Waals surface area contributed by atoms with Gasteiger partial charge in [0.2, 0.25) is 5.91 Å². The SMILES string of the molecule is O=C(CN1CCN(C(c2ccccc2)c2ccccc2)CC1)NC1CCCC1. The van der Waals surface area contributed by atoms with E-state index in [-0.39, 0.29) is 11.9 Å². The molecule has 0 bridgehead atoms. The van der Waals surface area contributed by atoms with Gasteiger partial charge in [0.15, 0.2) is 0 Å². The Morgan fingerprint density at radius 2 is 1.39 bits per heavy atom. The number of carbonyl (C=O) groups is 1. The van der Waals surface area contributed by atoms with Crippen LogP contribution in [0, 0.1) is 0 Å². The molecule has 1 aliphatic heterocycles. The van der Waals surface area contributed by atoms with Crippen LogP contribution in [0.25, 0.3) is 0 Å². The topological polar surface area (TPSA) is 35.6 Å². The summed E-state index contributed by atoms with van der Waals surface area (Å²) in [6.45, 7) is 4.37. The number of piperazine rings is 1. The van der Waals surface area contributed by atoms with Gasteiger partial charge >= 0.3 is 0 Å². The van der Waals surface area contributed by atoms with E-state index >= 15 is 0 Å². The van der Waals surface area contributed by atoms with Gasteiger partial charge in [0.1, 0.15) is 0 Å². The van der Waals surface area contributed by atoms with Crippen molar-refractivity contribution in [2.75, 3.05) is 32.7 Å². The average Bonchev–Trinajstić information content (AvgIpc) is 3.24. The molecule has 4 heteroatoms. The standard InChI is InChI=1S/C24H31N3O/c28-23(25-22-13-7-8-14-22)19-26-15-17-27(18-16-26)24(20-9-3-1-4-10-20)21-11-5-2-6-12-21/h1-6,9-12,22,24H,7-8,13-19H2,(H,25,28). The number of hydrogen-bond acceptors (Lipinski definition) is 3. The van der Waals surface area contributed by atoms with Crippen LogP contribution < -0.4 is 5.32 Å². The monoisotopic (exact) mass is 377 g/mol. The minimum atomic E-state index is 0.197. The molecule has 2 fully saturated rings. The molecule has 2 aliphatic rings. The molecule has 28 heavy (non-hydrogen) atoms. The minimum absolute atomic E-state index is 0.197. The van der Waals surface area contributed by atoms with Crippen molar-refractivity contribution < 1.29 is 4.79 Å². The molecule has 1 heterocycles. The molecule has 148 valence electrons. The first-order valence-corrected chi connectivity index (χ1v) is 10.7. The zero-order valence-electron chi connectivity index (χ0n) is 16.6. The molecule has 1 amide bonds. The van der Waals surface area contributed by atoms with Crippen LogP contribution >= 0.6 is 0 Å². The second-order valence-electron chi connectivity index (χ2n) is 8.08. The first kappa shape index (κ1) is 19.2. The predicted molar refractivity (Wildman–Crippen MR) is 113 cm³/mol. The fraction of sp³-hybridized carbons (Fsp3) is 0.458. The summed E-state index contributed by atoms with van der Waals surface area (Å²) in [5.41, 5.74) is 2.67. The second-order valence-corrected chi connectivity index (χ2v) is 8.08. The Kier molecular flexibility index (Phi) is 6.40. The lowest BCUT2D eigenvalue weighted by Crippen LogP contribution is -2.51. The Labute approximate surface area is 168 Å². The molecule has 4 nitrogen and oxygen atoms in total. The van der Waals surface area contributed by atoms with E-state index in [0.29, 0.717) is 12.6 Å². The molecule has 1 N–H and O–H groups in total. The molecule has 1 saturated carbocycles. The highest BCUT2D eigenvalue weighted by Crippen LogP contribution is 2.29. The van der Waals surface area contributed by atoms with E-state index < -0.39 is 0 Å². The summed E-state index contributed by atoms with van der Waals surface area (Å²) in [6.07, 6.45) is 4.80. The van der Waals surface area contributed by atoms with Crippen LogP contribution in [0.5, 0.6) is 0 Å². The van der Waals surface area contributed by atoms with Crippen LogP contribution in [0.2, 0.25) is 0 Å². The van der Waals surface area contributed by atoms with Gasteiger partial charge in [-0.3, -0.25) is 14.6 Å². The number of nitrogens with one attached hydrogen (secondary N) is 1. The maximum absolute atomic E-state index is 12.4. The third kappa shape index (κ3) is 4.81. The first-order valence-electron chi connectivity index (χ1n) is 10.7. The molecule has 0 unspecified atom stereocenters. The summed E-state index contributed by atoms with van der Waals surface area (Å²) in [6, 6.07) is 22.2. The van der Waals surface area contributed by atoms with Crippen molar-refractivity contribution in [1.29, 1.82) is 0 Å². The quantitative estimate of drug-likeness (QED) is 0.837. The molecule has 0 radical (unpaired) electrons. The van der Waals surface area contributed by atoms with Crippen LogP contribution in [-0.2, 0) is 4.79 Å². The molecule has 1 saturated heterocycles. The first-order chi connectivity index (χ1) is 13.8. The number of hydrogen-bond donors (Lipinski definition) is 1. The summed E-state index contributed by atoms with van der Waals surface area (Å²) in [5, 5.41) is 3.22. The maximum atomic E-state index is 12.4. The maximum Gasteiger partial charge on any atom is 0.234 e. The van der Waals surface area contributed by atoms with Gasteiger partial charge in [0, 0.05) is 32.2 Å². The smallest absolute Gasteiger partial charge is 0.234 e. The summed E-state index contributed by atoms with van der Waals surface area (Å²) in [4.78, 5) is 17.2. The molecule has 1 aliphatic carbocycles. The van der Waals surface area contributed by atoms with Crippen molar-refractivity contribution in [2.24, 2.45) is 0 Å². The van der Waals surface area contributed by atoms with E-state index in [4.69, 9.17) is 0 Å². The third-order valence-electron chi connectivity index (χ3n) is 6.09. The van der Waals surface area contributed by atoms with E-state index in [1.54, 1.807) is 0 Å².